The smallest absolute Gasteiger partial charge is 0.237 e. The van der Waals surface area contributed by atoms with Gasteiger partial charge >= 0.3 is 0 Å². The number of carbonyl (C=O) groups is 1. The molecule has 0 aromatic heterocycles. The molecule has 0 aliphatic carbocycles. The molecule has 0 aromatic carbocycles. The van der Waals surface area contributed by atoms with E-state index < -0.39 is 6.04 Å². The van der Waals surface area contributed by atoms with Crippen LogP contribution in [0.1, 0.15) is 33.6 Å². The van der Waals surface area contributed by atoms with E-state index >= 15 is 0 Å². The quantitative estimate of drug-likeness (QED) is 0.641. The van der Waals surface area contributed by atoms with Crippen molar-refractivity contribution >= 4 is 18.3 Å². The lowest BCUT2D eigenvalue weighted by molar-refractivity contribution is -0.123. The summed E-state index contributed by atoms with van der Waals surface area (Å²) >= 11 is 0. The Bertz CT molecular complexity index is 177. The molecule has 0 rings (SSSR count). The van der Waals surface area contributed by atoms with Crippen LogP contribution in [0.15, 0.2) is 0 Å². The minimum absolute atomic E-state index is 0. The lowest BCUT2D eigenvalue weighted by Crippen LogP contribution is -2.44. The third kappa shape index (κ3) is 8.95. The normalized spacial score (nSPS) is 12.1. The summed E-state index contributed by atoms with van der Waals surface area (Å²) in [5.41, 5.74) is 5.69. The van der Waals surface area contributed by atoms with Crippen LogP contribution in [-0.4, -0.2) is 31.7 Å². The highest BCUT2D eigenvalue weighted by molar-refractivity contribution is 5.85. The van der Waals surface area contributed by atoms with E-state index in [1.165, 1.54) is 0 Å². The molecule has 0 unspecified atom stereocenters. The Hall–Kier alpha value is -0.320. The molecule has 3 N–H and O–H groups in total. The van der Waals surface area contributed by atoms with Crippen molar-refractivity contribution in [2.24, 2.45) is 11.7 Å². The summed E-state index contributed by atoms with van der Waals surface area (Å²) in [5, 5.41) is 2.82. The van der Waals surface area contributed by atoms with Crippen LogP contribution in [-0.2, 0) is 9.53 Å². The highest BCUT2D eigenvalue weighted by atomic mass is 35.5. The van der Waals surface area contributed by atoms with Gasteiger partial charge < -0.3 is 15.8 Å². The summed E-state index contributed by atoms with van der Waals surface area (Å²) in [6.45, 7) is 8.07. The lowest BCUT2D eigenvalue weighted by Gasteiger charge is -2.15. The van der Waals surface area contributed by atoms with Gasteiger partial charge in [-0.2, -0.15) is 0 Å². The summed E-state index contributed by atoms with van der Waals surface area (Å²) in [4.78, 5) is 11.4. The van der Waals surface area contributed by atoms with Gasteiger partial charge in [-0.05, 0) is 25.7 Å². The molecule has 0 aromatic rings. The number of hydrogen-bond acceptors (Lipinski definition) is 3. The predicted molar refractivity (Wildman–Crippen MR) is 68.8 cm³/mol. The molecule has 0 bridgehead atoms. The molecule has 0 spiro atoms. The lowest BCUT2D eigenvalue weighted by atomic mass is 10.1. The summed E-state index contributed by atoms with van der Waals surface area (Å²) in [6.07, 6.45) is 1.92. The minimum Gasteiger partial charge on any atom is -0.382 e. The Balaban J connectivity index is 0. The van der Waals surface area contributed by atoms with Crippen molar-refractivity contribution in [3.63, 3.8) is 0 Å². The molecule has 0 saturated heterocycles. The molecule has 4 nitrogen and oxygen atoms in total. The fourth-order valence-electron chi connectivity index (χ4n) is 1.11. The van der Waals surface area contributed by atoms with Crippen LogP contribution in [0.5, 0.6) is 0 Å². The fourth-order valence-corrected chi connectivity index (χ4v) is 1.11. The van der Waals surface area contributed by atoms with Crippen LogP contribution in [0.4, 0.5) is 0 Å². The number of nitrogens with one attached hydrogen (secondary N) is 1. The highest BCUT2D eigenvalue weighted by Crippen LogP contribution is 1.97. The van der Waals surface area contributed by atoms with Crippen LogP contribution in [0.3, 0.4) is 0 Å². The van der Waals surface area contributed by atoms with Gasteiger partial charge in [0.1, 0.15) is 0 Å². The van der Waals surface area contributed by atoms with E-state index in [4.69, 9.17) is 10.5 Å². The van der Waals surface area contributed by atoms with Crippen molar-refractivity contribution in [1.82, 2.24) is 5.32 Å². The molecule has 0 aliphatic rings. The van der Waals surface area contributed by atoms with Crippen molar-refractivity contribution in [2.75, 3.05) is 19.8 Å². The summed E-state index contributed by atoms with van der Waals surface area (Å²) in [6, 6.07) is -0.392. The maximum Gasteiger partial charge on any atom is 0.237 e. The molecule has 5 heteroatoms. The maximum absolute atomic E-state index is 11.4. The molecule has 0 saturated carbocycles. The van der Waals surface area contributed by atoms with Gasteiger partial charge in [-0.3, -0.25) is 4.79 Å². The number of hydrogen-bond donors (Lipinski definition) is 2. The molecule has 16 heavy (non-hydrogen) atoms. The Morgan fingerprint density at radius 2 is 2.00 bits per heavy atom. The van der Waals surface area contributed by atoms with E-state index in [2.05, 4.69) is 5.32 Å². The molecule has 1 atom stereocenters. The van der Waals surface area contributed by atoms with E-state index in [1.807, 2.05) is 20.8 Å². The second-order valence-corrected chi connectivity index (χ2v) is 3.96. The SMILES string of the molecule is CCOCCCCNC(=O)[C@@H](N)C(C)C.Cl. The number of carbonyl (C=O) groups excluding carboxylic acids is 1. The Labute approximate surface area is 105 Å². The highest BCUT2D eigenvalue weighted by Gasteiger charge is 2.15. The van der Waals surface area contributed by atoms with Gasteiger partial charge in [0, 0.05) is 19.8 Å². The summed E-state index contributed by atoms with van der Waals surface area (Å²) in [7, 11) is 0. The van der Waals surface area contributed by atoms with Crippen LogP contribution >= 0.6 is 12.4 Å². The Kier molecular flexibility index (Phi) is 12.6. The van der Waals surface area contributed by atoms with Gasteiger partial charge in [0.15, 0.2) is 0 Å². The van der Waals surface area contributed by atoms with Crippen LogP contribution < -0.4 is 11.1 Å². The van der Waals surface area contributed by atoms with E-state index in [0.717, 1.165) is 26.1 Å². The largest absolute Gasteiger partial charge is 0.382 e. The molecule has 0 fully saturated rings. The first-order valence-electron chi connectivity index (χ1n) is 5.70. The third-order valence-electron chi connectivity index (χ3n) is 2.24. The number of unbranched alkanes of at least 4 members (excludes halogenated alkanes) is 1. The van der Waals surface area contributed by atoms with Crippen molar-refractivity contribution in [3.05, 3.63) is 0 Å². The standard InChI is InChI=1S/C11H24N2O2.ClH/c1-4-15-8-6-5-7-13-11(14)10(12)9(2)3;/h9-10H,4-8,12H2,1-3H3,(H,13,14);1H/t10-;/m0./s1. The van der Waals surface area contributed by atoms with Gasteiger partial charge in [-0.15, -0.1) is 12.4 Å². The maximum atomic E-state index is 11.4. The first-order chi connectivity index (χ1) is 7.09. The molecule has 0 heterocycles. The van der Waals surface area contributed by atoms with Gasteiger partial charge in [-0.1, -0.05) is 13.8 Å². The third-order valence-corrected chi connectivity index (χ3v) is 2.24. The van der Waals surface area contributed by atoms with Crippen molar-refractivity contribution in [1.29, 1.82) is 0 Å². The summed E-state index contributed by atoms with van der Waals surface area (Å²) < 4.78 is 5.19. The second kappa shape index (κ2) is 11.2. The van der Waals surface area contributed by atoms with E-state index in [-0.39, 0.29) is 24.2 Å². The average Bonchev–Trinajstić information content (AvgIpc) is 2.21. The van der Waals surface area contributed by atoms with E-state index in [0.29, 0.717) is 6.54 Å². The second-order valence-electron chi connectivity index (χ2n) is 3.96. The zero-order valence-corrected chi connectivity index (χ0v) is 11.3. The zero-order valence-electron chi connectivity index (χ0n) is 10.5. The molecule has 0 aliphatic heterocycles. The van der Waals surface area contributed by atoms with Gasteiger partial charge in [-0.25, -0.2) is 0 Å². The summed E-state index contributed by atoms with van der Waals surface area (Å²) in [5.74, 6) is 0.134. The molecular formula is C11H25ClN2O2. The molecule has 0 radical (unpaired) electrons. The van der Waals surface area contributed by atoms with Crippen molar-refractivity contribution in [3.8, 4) is 0 Å². The first-order valence-corrected chi connectivity index (χ1v) is 5.70. The van der Waals surface area contributed by atoms with Crippen LogP contribution in [0, 0.1) is 5.92 Å². The monoisotopic (exact) mass is 252 g/mol. The number of rotatable bonds is 8. The number of nitrogens with two attached hydrogens (primary N) is 1. The number of ether oxygens (including phenoxy) is 1. The van der Waals surface area contributed by atoms with Gasteiger partial charge in [0.05, 0.1) is 6.04 Å². The predicted octanol–water partition coefficient (Wildman–Crippen LogP) is 1.32. The topological polar surface area (TPSA) is 64.3 Å². The Morgan fingerprint density at radius 3 is 2.50 bits per heavy atom. The van der Waals surface area contributed by atoms with Crippen molar-refractivity contribution in [2.45, 2.75) is 39.7 Å². The van der Waals surface area contributed by atoms with Crippen LogP contribution in [0.2, 0.25) is 0 Å². The zero-order chi connectivity index (χ0) is 11.7. The number of amides is 1. The molecular weight excluding hydrogens is 228 g/mol. The fraction of sp³-hybridized carbons (Fsp3) is 0.909. The van der Waals surface area contributed by atoms with Crippen molar-refractivity contribution < 1.29 is 9.53 Å². The van der Waals surface area contributed by atoms with Crippen LogP contribution in [0.25, 0.3) is 0 Å². The Morgan fingerprint density at radius 1 is 1.38 bits per heavy atom. The number of halogens is 1. The minimum atomic E-state index is -0.392. The van der Waals surface area contributed by atoms with E-state index in [1.54, 1.807) is 0 Å². The van der Waals surface area contributed by atoms with Gasteiger partial charge in [0.25, 0.3) is 0 Å². The van der Waals surface area contributed by atoms with Gasteiger partial charge in [0.2, 0.25) is 5.91 Å². The van der Waals surface area contributed by atoms with E-state index in [9.17, 15) is 4.79 Å². The molecule has 98 valence electrons. The molecule has 1 amide bonds. The average molecular weight is 253 g/mol. The first kappa shape index (κ1) is 18.1.